The minimum absolute atomic E-state index is 0.194. The van der Waals surface area contributed by atoms with Gasteiger partial charge in [0.05, 0.1) is 61.4 Å². The van der Waals surface area contributed by atoms with E-state index in [4.69, 9.17) is 14.5 Å². The third kappa shape index (κ3) is 5.45. The second-order valence-corrected chi connectivity index (χ2v) is 11.6. The van der Waals surface area contributed by atoms with Crippen LogP contribution in [0.3, 0.4) is 0 Å². The Morgan fingerprint density at radius 2 is 1.57 bits per heavy atom. The van der Waals surface area contributed by atoms with Crippen molar-refractivity contribution in [2.75, 3.05) is 19.1 Å². The Morgan fingerprint density at radius 1 is 0.848 bits per heavy atom. The largest absolute Gasteiger partial charge is 0.497 e. The van der Waals surface area contributed by atoms with E-state index in [0.29, 0.717) is 28.0 Å². The third-order valence-electron chi connectivity index (χ3n) is 7.88. The summed E-state index contributed by atoms with van der Waals surface area (Å²) in [6.45, 7) is 0.461. The molecular weight excluding hydrogens is 648 g/mol. The van der Waals surface area contributed by atoms with Crippen LogP contribution in [-0.4, -0.2) is 44.7 Å². The van der Waals surface area contributed by atoms with Gasteiger partial charge in [0, 0.05) is 10.0 Å². The number of nitrogens with zero attached hydrogens (tertiary/aromatic N) is 6. The van der Waals surface area contributed by atoms with Crippen LogP contribution >= 0.6 is 15.9 Å². The fourth-order valence-electron chi connectivity index (χ4n) is 5.51. The molecule has 0 spiro atoms. The number of fused-ring (bicyclic) bond motifs is 2. The molecule has 0 saturated carbocycles. The average Bonchev–Trinajstić information content (AvgIpc) is 3.65. The number of aromatic nitrogens is 5. The number of methoxy groups -OCH3 is 2. The van der Waals surface area contributed by atoms with Gasteiger partial charge in [0.1, 0.15) is 23.0 Å². The molecule has 0 radical (unpaired) electrons. The minimum atomic E-state index is -0.231. The summed E-state index contributed by atoms with van der Waals surface area (Å²) in [7, 11) is 3.23. The molecule has 0 aliphatic carbocycles. The zero-order chi connectivity index (χ0) is 31.8. The van der Waals surface area contributed by atoms with Crippen molar-refractivity contribution < 1.29 is 14.3 Å². The van der Waals surface area contributed by atoms with E-state index < -0.39 is 0 Å². The highest BCUT2D eigenvalue weighted by molar-refractivity contribution is 9.10. The number of carbonyl (C=O) groups is 1. The number of anilines is 1. The van der Waals surface area contributed by atoms with Gasteiger partial charge in [-0.25, -0.2) is 9.67 Å². The summed E-state index contributed by atoms with van der Waals surface area (Å²) < 4.78 is 14.6. The van der Waals surface area contributed by atoms with E-state index in [1.54, 1.807) is 52.8 Å². The number of amides is 1. The van der Waals surface area contributed by atoms with Crippen LogP contribution in [0.15, 0.2) is 106 Å². The van der Waals surface area contributed by atoms with Crippen LogP contribution in [0.2, 0.25) is 0 Å². The summed E-state index contributed by atoms with van der Waals surface area (Å²) in [6.07, 6.45) is 3.51. The maximum atomic E-state index is 14.2. The van der Waals surface area contributed by atoms with Crippen molar-refractivity contribution >= 4 is 50.1 Å². The molecule has 10 nitrogen and oxygen atoms in total. The van der Waals surface area contributed by atoms with Crippen molar-refractivity contribution in [3.05, 3.63) is 135 Å². The second kappa shape index (κ2) is 12.1. The van der Waals surface area contributed by atoms with Crippen molar-refractivity contribution in [3.63, 3.8) is 0 Å². The molecule has 1 aliphatic rings. The lowest BCUT2D eigenvalue weighted by Crippen LogP contribution is -2.27. The lowest BCUT2D eigenvalue weighted by molar-refractivity contribution is -0.113. The number of rotatable bonds is 8. The number of hydrogen-bond acceptors (Lipinski definition) is 7. The van der Waals surface area contributed by atoms with Crippen molar-refractivity contribution in [1.82, 2.24) is 24.5 Å². The van der Waals surface area contributed by atoms with Crippen molar-refractivity contribution in [2.45, 2.75) is 13.1 Å². The molecule has 4 aromatic carbocycles. The Kier molecular flexibility index (Phi) is 7.67. The lowest BCUT2D eigenvalue weighted by Gasteiger charge is -2.15. The van der Waals surface area contributed by atoms with E-state index >= 15 is 0 Å². The predicted molar refractivity (Wildman–Crippen MR) is 179 cm³/mol. The summed E-state index contributed by atoms with van der Waals surface area (Å²) in [6, 6.07) is 27.9. The zero-order valence-corrected chi connectivity index (χ0v) is 26.5. The topological polar surface area (TPSA) is 104 Å². The van der Waals surface area contributed by atoms with Gasteiger partial charge in [0.2, 0.25) is 0 Å². The fraction of sp³-hybridized carbons (Fsp3) is 0.114. The summed E-state index contributed by atoms with van der Waals surface area (Å²) in [5, 5.41) is 9.12. The van der Waals surface area contributed by atoms with Gasteiger partial charge < -0.3 is 14.4 Å². The predicted octanol–water partition coefficient (Wildman–Crippen LogP) is 5.89. The Balaban J connectivity index is 1.28. The van der Waals surface area contributed by atoms with Gasteiger partial charge in [-0.3, -0.25) is 14.2 Å². The van der Waals surface area contributed by atoms with Gasteiger partial charge >= 0.3 is 0 Å². The maximum Gasteiger partial charge on any atom is 0.261 e. The van der Waals surface area contributed by atoms with Gasteiger partial charge in [0.15, 0.2) is 0 Å². The average molecular weight is 676 g/mol. The maximum absolute atomic E-state index is 14.2. The number of hydrogen-bond donors (Lipinski definition) is 0. The first kappa shape index (κ1) is 29.2. The molecule has 46 heavy (non-hydrogen) atoms. The highest BCUT2D eigenvalue weighted by Crippen LogP contribution is 2.40. The molecule has 6 aromatic rings. The van der Waals surface area contributed by atoms with Crippen molar-refractivity contribution in [3.8, 4) is 17.2 Å². The Labute approximate surface area is 272 Å². The van der Waals surface area contributed by atoms with Gasteiger partial charge in [-0.1, -0.05) is 45.4 Å². The van der Waals surface area contributed by atoms with Gasteiger partial charge in [-0.05, 0) is 78.4 Å². The molecule has 0 saturated heterocycles. The number of ether oxygens (including phenoxy) is 2. The zero-order valence-electron chi connectivity index (χ0n) is 24.9. The Morgan fingerprint density at radius 3 is 2.30 bits per heavy atom. The molecule has 2 aromatic heterocycles. The van der Waals surface area contributed by atoms with Gasteiger partial charge in [-0.2, -0.15) is 0 Å². The first-order chi connectivity index (χ1) is 22.4. The molecule has 11 heteroatoms. The quantitative estimate of drug-likeness (QED) is 0.185. The normalized spacial score (nSPS) is 13.4. The second-order valence-electron chi connectivity index (χ2n) is 10.7. The molecule has 0 atom stereocenters. The minimum Gasteiger partial charge on any atom is -0.497 e. The standard InChI is InChI=1S/C35H27BrN6O4/c1-45-26-12-7-22(8-13-26)19-41-33(37-31-6-4-3-5-28(31)34(41)43)18-30-29-17-23(36)9-16-32(29)40(35(30)44)20-24-21-42(39-38-24)25-10-14-27(46-2)15-11-25/h3-18,21H,19-20H2,1-2H3/b30-18+. The van der Waals surface area contributed by atoms with E-state index in [2.05, 4.69) is 26.2 Å². The fourth-order valence-corrected chi connectivity index (χ4v) is 5.87. The molecule has 7 rings (SSSR count). The molecular formula is C35H27BrN6O4. The van der Waals surface area contributed by atoms with E-state index in [0.717, 1.165) is 38.5 Å². The summed E-state index contributed by atoms with van der Waals surface area (Å²) in [5.74, 6) is 1.61. The molecule has 228 valence electrons. The van der Waals surface area contributed by atoms with Crippen LogP contribution in [-0.2, 0) is 17.9 Å². The first-order valence-corrected chi connectivity index (χ1v) is 15.2. The summed E-state index contributed by atoms with van der Waals surface area (Å²) in [5.41, 5.74) is 4.54. The molecule has 0 fully saturated rings. The molecule has 0 unspecified atom stereocenters. The van der Waals surface area contributed by atoms with Crippen LogP contribution in [0.4, 0.5) is 5.69 Å². The highest BCUT2D eigenvalue weighted by Gasteiger charge is 2.33. The number of para-hydroxylation sites is 1. The third-order valence-corrected chi connectivity index (χ3v) is 8.37. The summed E-state index contributed by atoms with van der Waals surface area (Å²) in [4.78, 5) is 34.5. The summed E-state index contributed by atoms with van der Waals surface area (Å²) >= 11 is 3.57. The van der Waals surface area contributed by atoms with E-state index in [9.17, 15) is 9.59 Å². The van der Waals surface area contributed by atoms with Crippen LogP contribution in [0.5, 0.6) is 11.5 Å². The molecule has 1 aliphatic heterocycles. The Bertz CT molecular complexity index is 2190. The molecule has 0 N–H and O–H groups in total. The van der Waals surface area contributed by atoms with Crippen LogP contribution < -0.4 is 19.9 Å². The highest BCUT2D eigenvalue weighted by atomic mass is 79.9. The molecule has 1 amide bonds. The lowest BCUT2D eigenvalue weighted by atomic mass is 10.1. The first-order valence-electron chi connectivity index (χ1n) is 14.4. The van der Waals surface area contributed by atoms with E-state index in [-0.39, 0.29) is 24.6 Å². The molecule has 3 heterocycles. The molecule has 0 bridgehead atoms. The number of carbonyl (C=O) groups excluding carboxylic acids is 1. The van der Waals surface area contributed by atoms with E-state index in [1.165, 1.54) is 0 Å². The van der Waals surface area contributed by atoms with Crippen LogP contribution in [0.1, 0.15) is 22.6 Å². The van der Waals surface area contributed by atoms with Gasteiger partial charge in [-0.15, -0.1) is 5.10 Å². The SMILES string of the molecule is COc1ccc(Cn2c(/C=C3/C(=O)N(Cc4cn(-c5ccc(OC)cc5)nn4)c4ccc(Br)cc43)nc3ccccc3c2=O)cc1. The number of halogens is 1. The Hall–Kier alpha value is -5.55. The van der Waals surface area contributed by atoms with Crippen LogP contribution in [0, 0.1) is 0 Å². The van der Waals surface area contributed by atoms with Crippen molar-refractivity contribution in [1.29, 1.82) is 0 Å². The van der Waals surface area contributed by atoms with Crippen LogP contribution in [0.25, 0.3) is 28.2 Å². The van der Waals surface area contributed by atoms with Gasteiger partial charge in [0.25, 0.3) is 11.5 Å². The smallest absolute Gasteiger partial charge is 0.261 e. The monoisotopic (exact) mass is 674 g/mol. The van der Waals surface area contributed by atoms with Crippen molar-refractivity contribution in [2.24, 2.45) is 0 Å². The number of benzene rings is 4. The van der Waals surface area contributed by atoms with E-state index in [1.807, 2.05) is 78.9 Å².